The highest BCUT2D eigenvalue weighted by atomic mass is 28.4. The smallest absolute Gasteiger partial charge is 0.306 e. The van der Waals surface area contributed by atoms with Crippen molar-refractivity contribution < 1.29 is 17.7 Å². The van der Waals surface area contributed by atoms with Gasteiger partial charge < -0.3 is 17.7 Å². The number of hydrogen-bond donors (Lipinski definition) is 0. The van der Waals surface area contributed by atoms with Gasteiger partial charge in [0.2, 0.25) is 45.0 Å². The average molecular weight is 621 g/mol. The minimum atomic E-state index is -1.69. The Hall–Kier alpha value is -1.77. The van der Waals surface area contributed by atoms with E-state index >= 15 is 0 Å². The van der Waals surface area contributed by atoms with Gasteiger partial charge in [-0.05, 0) is 130 Å². The Morgan fingerprint density at radius 3 is 1.00 bits per heavy atom. The molecule has 2 heterocycles. The van der Waals surface area contributed by atoms with Crippen molar-refractivity contribution in [3.8, 4) is 23.8 Å². The molecule has 2 aliphatic rings. The summed E-state index contributed by atoms with van der Waals surface area (Å²) in [7, 11) is -6.73. The van der Waals surface area contributed by atoms with Gasteiger partial charge in [0, 0.05) is 11.1 Å². The summed E-state index contributed by atoms with van der Waals surface area (Å²) in [6, 6.07) is 1.02. The molecule has 0 radical (unpaired) electrons. The zero-order chi connectivity index (χ0) is 29.9. The van der Waals surface area contributed by atoms with Crippen molar-refractivity contribution in [2.45, 2.75) is 130 Å². The van der Waals surface area contributed by atoms with E-state index in [9.17, 15) is 0 Å². The number of nitrogens with zero attached hydrogens (tertiary/aromatic N) is 4. The van der Waals surface area contributed by atoms with E-state index in [1.807, 2.05) is 0 Å². The van der Waals surface area contributed by atoms with Crippen molar-refractivity contribution in [2.24, 2.45) is 0 Å². The van der Waals surface area contributed by atoms with E-state index in [0.717, 1.165) is 48.8 Å². The Morgan fingerprint density at radius 1 is 0.400 bits per heavy atom. The van der Waals surface area contributed by atoms with Crippen LogP contribution in [0.1, 0.15) is 48.2 Å². The molecule has 0 atom stereocenters. The zero-order valence-corrected chi connectivity index (χ0v) is 31.1. The number of hydrogen-bond acceptors (Lipinski definition) is 8. The van der Waals surface area contributed by atoms with Crippen LogP contribution in [0, 0.1) is 0 Å². The first kappa shape index (κ1) is 32.7. The molecule has 0 saturated heterocycles. The predicted octanol–water partition coefficient (Wildman–Crippen LogP) is 7.57. The maximum atomic E-state index is 6.18. The molecule has 0 aliphatic heterocycles. The molecular formula is C28H52N4O4Si4. The van der Waals surface area contributed by atoms with Gasteiger partial charge in [0.05, 0.1) is 11.4 Å². The average Bonchev–Trinajstić information content (AvgIpc) is 2.75. The second kappa shape index (κ2) is 12.6. The van der Waals surface area contributed by atoms with Crippen LogP contribution in [0.4, 0.5) is 0 Å². The minimum Gasteiger partial charge on any atom is -0.531 e. The molecule has 8 nitrogen and oxygen atoms in total. The van der Waals surface area contributed by atoms with E-state index in [1.165, 1.54) is 36.8 Å². The third-order valence-electron chi connectivity index (χ3n) is 5.85. The molecular weight excluding hydrogens is 569 g/mol. The summed E-state index contributed by atoms with van der Waals surface area (Å²) in [6.07, 6.45) is 8.89. The van der Waals surface area contributed by atoms with Crippen LogP contribution in [0.25, 0.3) is 0 Å². The van der Waals surface area contributed by atoms with Crippen LogP contribution in [0.3, 0.4) is 0 Å². The first-order valence-corrected chi connectivity index (χ1v) is 28.5. The van der Waals surface area contributed by atoms with Crippen molar-refractivity contribution in [1.29, 1.82) is 0 Å². The predicted molar refractivity (Wildman–Crippen MR) is 173 cm³/mol. The first-order valence-electron chi connectivity index (χ1n) is 14.8. The van der Waals surface area contributed by atoms with Crippen molar-refractivity contribution in [3.63, 3.8) is 0 Å². The van der Waals surface area contributed by atoms with E-state index in [2.05, 4.69) is 98.5 Å². The molecule has 2 aromatic heterocycles. The summed E-state index contributed by atoms with van der Waals surface area (Å²) < 4.78 is 24.3. The van der Waals surface area contributed by atoms with Gasteiger partial charge in [0.25, 0.3) is 0 Å². The summed E-state index contributed by atoms with van der Waals surface area (Å²) in [6.45, 7) is 26.0. The summed E-state index contributed by atoms with van der Waals surface area (Å²) in [5.41, 5.74) is 4.68. The first-order chi connectivity index (χ1) is 18.3. The third kappa shape index (κ3) is 10.9. The molecule has 0 amide bonds. The van der Waals surface area contributed by atoms with Gasteiger partial charge in [-0.1, -0.05) is 0 Å². The van der Waals surface area contributed by atoms with E-state index in [0.29, 0.717) is 12.0 Å². The lowest BCUT2D eigenvalue weighted by atomic mass is 9.97. The molecule has 40 heavy (non-hydrogen) atoms. The standard InChI is InChI=1S/2C14H26N2O2Si2/c2*1-19(2,3)17-13-11-9-7-8-10-12(11)15-14(16-13)18-20(4,5)6/h2*7-10H2,1-6H3. The molecule has 2 aromatic rings. The summed E-state index contributed by atoms with van der Waals surface area (Å²) in [5, 5.41) is 0. The largest absolute Gasteiger partial charge is 0.531 e. The fourth-order valence-electron chi connectivity index (χ4n) is 4.46. The molecule has 0 bridgehead atoms. The lowest BCUT2D eigenvalue weighted by Gasteiger charge is -2.26. The van der Waals surface area contributed by atoms with Gasteiger partial charge in [0.1, 0.15) is 0 Å². The minimum absolute atomic E-state index is 0.512. The van der Waals surface area contributed by atoms with Crippen molar-refractivity contribution in [2.75, 3.05) is 0 Å². The van der Waals surface area contributed by atoms with E-state index in [1.54, 1.807) is 0 Å². The van der Waals surface area contributed by atoms with Crippen LogP contribution >= 0.6 is 0 Å². The Morgan fingerprint density at radius 2 is 0.700 bits per heavy atom. The lowest BCUT2D eigenvalue weighted by molar-refractivity contribution is 0.457. The Kier molecular flexibility index (Phi) is 10.3. The summed E-state index contributed by atoms with van der Waals surface area (Å²) in [4.78, 5) is 18.4. The molecule has 0 unspecified atom stereocenters. The van der Waals surface area contributed by atoms with Gasteiger partial charge in [-0.3, -0.25) is 0 Å². The Balaban J connectivity index is 0.000000220. The summed E-state index contributed by atoms with van der Waals surface area (Å²) >= 11 is 0. The van der Waals surface area contributed by atoms with Crippen LogP contribution in [0.2, 0.25) is 78.6 Å². The van der Waals surface area contributed by atoms with E-state index in [-0.39, 0.29) is 0 Å². The fourth-order valence-corrected chi connectivity index (χ4v) is 7.24. The van der Waals surface area contributed by atoms with Crippen molar-refractivity contribution >= 4 is 33.3 Å². The van der Waals surface area contributed by atoms with E-state index < -0.39 is 33.3 Å². The SMILES string of the molecule is C[Si](C)(C)Oc1nc2c(c(O[Si](C)(C)C)n1)CCCC2.C[Si](C)(C)Oc1nc2c(c(O[Si](C)(C)C)n1)CCCC2. The number of aryl methyl sites for hydroxylation is 2. The van der Waals surface area contributed by atoms with Gasteiger partial charge in [-0.2, -0.15) is 9.97 Å². The van der Waals surface area contributed by atoms with E-state index in [4.69, 9.17) is 17.7 Å². The van der Waals surface area contributed by atoms with Crippen molar-refractivity contribution in [1.82, 2.24) is 19.9 Å². The molecule has 0 saturated carbocycles. The van der Waals surface area contributed by atoms with Gasteiger partial charge in [-0.25, -0.2) is 9.97 Å². The normalized spacial score (nSPS) is 15.7. The number of fused-ring (bicyclic) bond motifs is 2. The van der Waals surface area contributed by atoms with Crippen LogP contribution in [-0.2, 0) is 25.7 Å². The molecule has 0 N–H and O–H groups in total. The molecule has 2 aliphatic carbocycles. The maximum absolute atomic E-state index is 6.18. The summed E-state index contributed by atoms with van der Waals surface area (Å²) in [5.74, 6) is 1.56. The molecule has 0 fully saturated rings. The Bertz CT molecular complexity index is 1080. The highest BCUT2D eigenvalue weighted by molar-refractivity contribution is 6.71. The fraction of sp³-hybridized carbons (Fsp3) is 0.714. The molecule has 4 rings (SSSR count). The van der Waals surface area contributed by atoms with Crippen LogP contribution in [0.5, 0.6) is 23.8 Å². The van der Waals surface area contributed by atoms with Crippen LogP contribution in [-0.4, -0.2) is 53.2 Å². The lowest BCUT2D eigenvalue weighted by Crippen LogP contribution is -2.33. The van der Waals surface area contributed by atoms with Gasteiger partial charge >= 0.3 is 12.0 Å². The highest BCUT2D eigenvalue weighted by Gasteiger charge is 2.28. The van der Waals surface area contributed by atoms with Gasteiger partial charge in [-0.15, -0.1) is 0 Å². The highest BCUT2D eigenvalue weighted by Crippen LogP contribution is 2.32. The number of rotatable bonds is 8. The number of aromatic nitrogens is 4. The van der Waals surface area contributed by atoms with Crippen molar-refractivity contribution in [3.05, 3.63) is 22.5 Å². The second-order valence-corrected chi connectivity index (χ2v) is 32.5. The molecule has 224 valence electrons. The molecule has 0 aromatic carbocycles. The quantitative estimate of drug-likeness (QED) is 0.279. The van der Waals surface area contributed by atoms with Gasteiger partial charge in [0.15, 0.2) is 0 Å². The van der Waals surface area contributed by atoms with Crippen LogP contribution in [0.15, 0.2) is 0 Å². The third-order valence-corrected chi connectivity index (χ3v) is 9.05. The maximum Gasteiger partial charge on any atom is 0.306 e. The zero-order valence-electron chi connectivity index (χ0n) is 27.1. The Labute approximate surface area is 246 Å². The van der Waals surface area contributed by atoms with Crippen LogP contribution < -0.4 is 17.7 Å². The molecule has 0 spiro atoms. The monoisotopic (exact) mass is 620 g/mol. The molecule has 12 heteroatoms. The second-order valence-electron chi connectivity index (χ2n) is 14.7. The topological polar surface area (TPSA) is 88.5 Å².